The van der Waals surface area contributed by atoms with Gasteiger partial charge in [-0.25, -0.2) is 0 Å². The maximum Gasteiger partial charge on any atom is 0.163 e. The van der Waals surface area contributed by atoms with Crippen molar-refractivity contribution in [3.63, 3.8) is 0 Å². The third kappa shape index (κ3) is 2.95. The summed E-state index contributed by atoms with van der Waals surface area (Å²) in [5.74, 6) is 1.26. The van der Waals surface area contributed by atoms with E-state index in [9.17, 15) is 9.59 Å². The molecule has 2 aromatic carbocycles. The van der Waals surface area contributed by atoms with Gasteiger partial charge in [0.15, 0.2) is 11.6 Å². The number of carbonyl (C=O) groups excluding carboxylic acids is 2. The first-order chi connectivity index (χ1) is 14.4. The molecular weight excluding hydrogens is 388 g/mol. The van der Waals surface area contributed by atoms with Gasteiger partial charge in [0, 0.05) is 5.41 Å². The lowest BCUT2D eigenvalue weighted by atomic mass is 9.72. The van der Waals surface area contributed by atoms with Crippen molar-refractivity contribution in [2.75, 3.05) is 14.2 Å². The molecule has 2 aromatic rings. The summed E-state index contributed by atoms with van der Waals surface area (Å²) in [6, 6.07) is 8.21. The molecule has 164 valence electrons. The molecule has 0 saturated heterocycles. The highest BCUT2D eigenvalue weighted by Crippen LogP contribution is 2.63. The predicted molar refractivity (Wildman–Crippen MR) is 122 cm³/mol. The van der Waals surface area contributed by atoms with Gasteiger partial charge in [-0.3, -0.25) is 9.59 Å². The second-order valence-corrected chi connectivity index (χ2v) is 10.5. The molecule has 4 rings (SSSR count). The third-order valence-corrected chi connectivity index (χ3v) is 7.41. The largest absolute Gasteiger partial charge is 0.496 e. The van der Waals surface area contributed by atoms with E-state index in [-0.39, 0.29) is 27.8 Å². The zero-order chi connectivity index (χ0) is 22.9. The monoisotopic (exact) mass is 420 g/mol. The molecule has 1 spiro atoms. The average Bonchev–Trinajstić information content (AvgIpc) is 3.05. The summed E-state index contributed by atoms with van der Waals surface area (Å²) in [6.45, 7) is 12.2. The van der Waals surface area contributed by atoms with Crippen LogP contribution in [0, 0.1) is 0 Å². The van der Waals surface area contributed by atoms with Crippen molar-refractivity contribution in [3.8, 4) is 11.5 Å². The van der Waals surface area contributed by atoms with Gasteiger partial charge >= 0.3 is 0 Å². The van der Waals surface area contributed by atoms with Crippen LogP contribution in [0.4, 0.5) is 0 Å². The lowest BCUT2D eigenvalue weighted by Gasteiger charge is -2.31. The fourth-order valence-electron chi connectivity index (χ4n) is 6.25. The van der Waals surface area contributed by atoms with Gasteiger partial charge in [0.2, 0.25) is 0 Å². The van der Waals surface area contributed by atoms with Gasteiger partial charge in [-0.1, -0.05) is 27.7 Å². The number of benzene rings is 2. The molecule has 0 heterocycles. The van der Waals surface area contributed by atoms with Crippen molar-refractivity contribution in [2.45, 2.75) is 70.6 Å². The van der Waals surface area contributed by atoms with Crippen LogP contribution in [0.2, 0.25) is 0 Å². The molecule has 0 unspecified atom stereocenters. The highest BCUT2D eigenvalue weighted by molar-refractivity contribution is 5.98. The molecule has 0 aliphatic heterocycles. The Morgan fingerprint density at radius 3 is 1.32 bits per heavy atom. The van der Waals surface area contributed by atoms with Crippen LogP contribution in [0.15, 0.2) is 24.3 Å². The van der Waals surface area contributed by atoms with Crippen LogP contribution in [0.1, 0.15) is 97.4 Å². The fourth-order valence-corrected chi connectivity index (χ4v) is 6.25. The van der Waals surface area contributed by atoms with Crippen molar-refractivity contribution < 1.29 is 19.1 Å². The maximum absolute atomic E-state index is 12.4. The molecule has 4 heteroatoms. The second kappa shape index (κ2) is 6.69. The van der Waals surface area contributed by atoms with Crippen LogP contribution in [-0.4, -0.2) is 25.8 Å². The number of hydrogen-bond donors (Lipinski definition) is 0. The van der Waals surface area contributed by atoms with E-state index >= 15 is 0 Å². The minimum atomic E-state index is -0.259. The molecule has 0 radical (unpaired) electrons. The zero-order valence-corrected chi connectivity index (χ0v) is 19.9. The van der Waals surface area contributed by atoms with Gasteiger partial charge in [0.1, 0.15) is 11.5 Å². The zero-order valence-electron chi connectivity index (χ0n) is 19.9. The summed E-state index contributed by atoms with van der Waals surface area (Å²) in [6.07, 6.45) is 1.83. The number of rotatable bonds is 4. The van der Waals surface area contributed by atoms with Crippen molar-refractivity contribution in [2.24, 2.45) is 0 Å². The quantitative estimate of drug-likeness (QED) is 0.590. The Bertz CT molecular complexity index is 1030. The molecule has 0 saturated carbocycles. The van der Waals surface area contributed by atoms with Gasteiger partial charge in [0.25, 0.3) is 0 Å². The molecule has 4 nitrogen and oxygen atoms in total. The standard InChI is InChI=1S/C27H32O4/c1-15(28)17-9-21-19(11-23(17)30-7)25(3,4)13-27(21)14-26(5,6)20-12-24(31-8)18(16(2)29)10-22(20)27/h9-12H,13-14H2,1-8H3. The van der Waals surface area contributed by atoms with Crippen LogP contribution >= 0.6 is 0 Å². The van der Waals surface area contributed by atoms with E-state index in [2.05, 4.69) is 39.8 Å². The first-order valence-corrected chi connectivity index (χ1v) is 10.9. The molecule has 0 amide bonds. The van der Waals surface area contributed by atoms with E-state index in [4.69, 9.17) is 9.47 Å². The normalized spacial score (nSPS) is 19.1. The van der Waals surface area contributed by atoms with Crippen molar-refractivity contribution >= 4 is 11.6 Å². The topological polar surface area (TPSA) is 52.6 Å². The van der Waals surface area contributed by atoms with Crippen LogP contribution in [0.25, 0.3) is 0 Å². The molecule has 0 N–H and O–H groups in total. The summed E-state index contributed by atoms with van der Waals surface area (Å²) in [5.41, 5.74) is 5.61. The van der Waals surface area contributed by atoms with Crippen molar-refractivity contribution in [3.05, 3.63) is 57.6 Å². The van der Waals surface area contributed by atoms with Gasteiger partial charge in [-0.05, 0) is 84.0 Å². The molecule has 2 aliphatic carbocycles. The first kappa shape index (κ1) is 21.6. The Morgan fingerprint density at radius 1 is 0.677 bits per heavy atom. The minimum absolute atomic E-state index is 0.00357. The Hall–Kier alpha value is -2.62. The van der Waals surface area contributed by atoms with E-state index in [0.29, 0.717) is 22.6 Å². The number of hydrogen-bond acceptors (Lipinski definition) is 4. The van der Waals surface area contributed by atoms with E-state index in [0.717, 1.165) is 12.8 Å². The van der Waals surface area contributed by atoms with Crippen molar-refractivity contribution in [1.82, 2.24) is 0 Å². The molecule has 0 fully saturated rings. The van der Waals surface area contributed by atoms with Crippen LogP contribution in [0.5, 0.6) is 11.5 Å². The number of ether oxygens (including phenoxy) is 2. The lowest BCUT2D eigenvalue weighted by molar-refractivity contribution is 0.100. The molecular formula is C27H32O4. The summed E-state index contributed by atoms with van der Waals surface area (Å²) in [4.78, 5) is 24.9. The van der Waals surface area contributed by atoms with Gasteiger partial charge in [0.05, 0.1) is 25.3 Å². The van der Waals surface area contributed by atoms with Crippen LogP contribution in [0.3, 0.4) is 0 Å². The lowest BCUT2D eigenvalue weighted by Crippen LogP contribution is -2.27. The van der Waals surface area contributed by atoms with Crippen LogP contribution in [-0.2, 0) is 16.2 Å². The highest BCUT2D eigenvalue weighted by atomic mass is 16.5. The van der Waals surface area contributed by atoms with E-state index < -0.39 is 0 Å². The molecule has 0 aromatic heterocycles. The van der Waals surface area contributed by atoms with Gasteiger partial charge < -0.3 is 9.47 Å². The summed E-state index contributed by atoms with van der Waals surface area (Å²) in [5, 5.41) is 0. The van der Waals surface area contributed by atoms with Crippen LogP contribution < -0.4 is 9.47 Å². The molecule has 0 atom stereocenters. The van der Waals surface area contributed by atoms with E-state index in [1.165, 1.54) is 22.3 Å². The molecule has 0 bridgehead atoms. The average molecular weight is 421 g/mol. The Kier molecular flexibility index (Phi) is 4.66. The number of Topliss-reactive ketones (excluding diaryl/α,β-unsaturated/α-hetero) is 2. The first-order valence-electron chi connectivity index (χ1n) is 10.9. The smallest absolute Gasteiger partial charge is 0.163 e. The highest BCUT2D eigenvalue weighted by Gasteiger charge is 2.57. The van der Waals surface area contributed by atoms with E-state index in [1.54, 1.807) is 28.1 Å². The summed E-state index contributed by atoms with van der Waals surface area (Å²) >= 11 is 0. The maximum atomic E-state index is 12.4. The third-order valence-electron chi connectivity index (χ3n) is 7.41. The Balaban J connectivity index is 2.08. The summed E-state index contributed by atoms with van der Waals surface area (Å²) < 4.78 is 11.2. The molecule has 2 aliphatic rings. The Morgan fingerprint density at radius 2 is 1.03 bits per heavy atom. The van der Waals surface area contributed by atoms with Gasteiger partial charge in [-0.15, -0.1) is 0 Å². The number of ketones is 2. The Labute approximate surface area is 185 Å². The number of carbonyl (C=O) groups is 2. The molecule has 31 heavy (non-hydrogen) atoms. The summed E-state index contributed by atoms with van der Waals surface area (Å²) in [7, 11) is 3.23. The fraction of sp³-hybridized carbons (Fsp3) is 0.481. The minimum Gasteiger partial charge on any atom is -0.496 e. The van der Waals surface area contributed by atoms with E-state index in [1.807, 2.05) is 12.1 Å². The van der Waals surface area contributed by atoms with Crippen molar-refractivity contribution in [1.29, 1.82) is 0 Å². The number of fused-ring (bicyclic) bond motifs is 4. The van der Waals surface area contributed by atoms with Gasteiger partial charge in [-0.2, -0.15) is 0 Å². The number of methoxy groups -OCH3 is 2. The second-order valence-electron chi connectivity index (χ2n) is 10.5. The predicted octanol–water partition coefficient (Wildman–Crippen LogP) is 5.76. The SMILES string of the molecule is COc1cc2c(cc1C(C)=O)C1(CC2(C)C)CC(C)(C)c2cc(OC)c(C(C)=O)cc21.